The molecule has 2 aromatic heterocycles. The quantitative estimate of drug-likeness (QED) is 0.184. The number of anilines is 1. The average molecular weight is 687 g/mol. The number of hydrogen-bond donors (Lipinski definition) is 3. The summed E-state index contributed by atoms with van der Waals surface area (Å²) in [4.78, 5) is 37.9. The van der Waals surface area contributed by atoms with Crippen LogP contribution < -0.4 is 10.1 Å². The van der Waals surface area contributed by atoms with E-state index in [-0.39, 0.29) is 17.9 Å². The molecule has 4 aromatic rings. The Morgan fingerprint density at radius 3 is 2.51 bits per heavy atom. The Morgan fingerprint density at radius 2 is 1.82 bits per heavy atom. The van der Waals surface area contributed by atoms with E-state index in [1.807, 2.05) is 56.3 Å². The highest BCUT2D eigenvalue weighted by Crippen LogP contribution is 2.33. The number of rotatable bonds is 11. The van der Waals surface area contributed by atoms with Crippen LogP contribution in [-0.4, -0.2) is 81.3 Å². The molecular weight excluding hydrogens is 644 g/mol. The van der Waals surface area contributed by atoms with Gasteiger partial charge in [-0.05, 0) is 91.4 Å². The average Bonchev–Trinajstić information content (AvgIpc) is 3.77. The first-order valence-electron chi connectivity index (χ1n) is 17.1. The molecule has 1 amide bonds. The van der Waals surface area contributed by atoms with Crippen molar-refractivity contribution >= 4 is 29.7 Å². The van der Waals surface area contributed by atoms with Crippen LogP contribution in [0.5, 0.6) is 5.75 Å². The molecule has 262 valence electrons. The number of aryl methyl sites for hydroxylation is 1. The molecule has 11 heteroatoms. The fourth-order valence-electron chi connectivity index (χ4n) is 6.91. The first-order valence-corrected chi connectivity index (χ1v) is 17.1. The number of hydrogen-bond acceptors (Lipinski definition) is 9. The van der Waals surface area contributed by atoms with Gasteiger partial charge in [0.05, 0.1) is 30.4 Å². The van der Waals surface area contributed by atoms with Gasteiger partial charge in [-0.2, -0.15) is 5.26 Å². The van der Waals surface area contributed by atoms with E-state index in [9.17, 15) is 25.1 Å². The number of β-amino-alcohol motifs (C(OH)–C–C–N with tert-alkyl or cyclic N) is 1. The van der Waals surface area contributed by atoms with Gasteiger partial charge >= 0.3 is 5.97 Å². The number of nitrogens with zero attached hydrogens (tertiary/aromatic N) is 5. The number of carbonyl (C=O) groups is 2. The van der Waals surface area contributed by atoms with Crippen LogP contribution in [0.3, 0.4) is 0 Å². The standard InChI is InChI=1S/C40H42N6O5/c1-25-17-30(23-46-15-12-29(22-46)40(49)50)38(51-3)18-28(25)8-10-36-34(19-41)33(11-14-42-36)32-5-4-6-35(26(32)2)44-39(48)37-9-7-27(20-43-37)21-45-16-13-31(47)24-45/h4-11,14,17-18,20,29,31,47H,12-13,15-16,21-24H2,1-3H3,(H,44,48)(H,49,50)/b10-8+/t29-,31-/m1/s1. The van der Waals surface area contributed by atoms with Crippen LogP contribution in [0, 0.1) is 31.1 Å². The number of carboxylic acid groups (broad SMARTS) is 1. The van der Waals surface area contributed by atoms with E-state index in [4.69, 9.17) is 4.74 Å². The van der Waals surface area contributed by atoms with Crippen LogP contribution in [0.15, 0.2) is 60.9 Å². The second kappa shape index (κ2) is 15.6. The first kappa shape index (κ1) is 35.4. The number of aliphatic hydroxyl groups is 1. The van der Waals surface area contributed by atoms with Gasteiger partial charge in [0.1, 0.15) is 17.5 Å². The third-order valence-electron chi connectivity index (χ3n) is 9.78. The molecule has 2 aliphatic rings. The first-order chi connectivity index (χ1) is 24.6. The maximum atomic E-state index is 13.2. The number of aromatic nitrogens is 2. The van der Waals surface area contributed by atoms with Crippen LogP contribution in [0.1, 0.15) is 62.4 Å². The number of carboxylic acids is 1. The molecule has 0 unspecified atom stereocenters. The van der Waals surface area contributed by atoms with E-state index in [0.717, 1.165) is 52.9 Å². The molecule has 2 fully saturated rings. The van der Waals surface area contributed by atoms with Crippen molar-refractivity contribution in [1.29, 1.82) is 5.26 Å². The zero-order valence-electron chi connectivity index (χ0n) is 29.1. The van der Waals surface area contributed by atoms with Gasteiger partial charge in [0.25, 0.3) is 5.91 Å². The molecule has 0 bridgehead atoms. The van der Waals surface area contributed by atoms with Gasteiger partial charge in [-0.3, -0.25) is 29.4 Å². The SMILES string of the molecule is COc1cc(/C=C/c2nccc(-c3cccc(NC(=O)c4ccc(CN5CC[C@@H](O)C5)cn4)c3C)c2C#N)c(C)cc1CN1CC[C@@H](C(=O)O)C1. The minimum Gasteiger partial charge on any atom is -0.496 e. The molecule has 0 spiro atoms. The summed E-state index contributed by atoms with van der Waals surface area (Å²) >= 11 is 0. The third-order valence-corrected chi connectivity index (χ3v) is 9.78. The maximum absolute atomic E-state index is 13.2. The molecule has 4 heterocycles. The normalized spacial score (nSPS) is 17.9. The lowest BCUT2D eigenvalue weighted by Crippen LogP contribution is -2.23. The van der Waals surface area contributed by atoms with Gasteiger partial charge in [-0.1, -0.05) is 30.3 Å². The molecule has 2 aliphatic heterocycles. The summed E-state index contributed by atoms with van der Waals surface area (Å²) in [6.07, 6.45) is 8.23. The highest BCUT2D eigenvalue weighted by Gasteiger charge is 2.28. The number of nitrogens with one attached hydrogen (secondary N) is 1. The molecule has 51 heavy (non-hydrogen) atoms. The number of benzene rings is 2. The van der Waals surface area contributed by atoms with Crippen molar-refractivity contribution in [3.05, 3.63) is 106 Å². The monoisotopic (exact) mass is 686 g/mol. The van der Waals surface area contributed by atoms with Gasteiger partial charge in [0.2, 0.25) is 0 Å². The van der Waals surface area contributed by atoms with Crippen LogP contribution >= 0.6 is 0 Å². The summed E-state index contributed by atoms with van der Waals surface area (Å²) in [7, 11) is 1.62. The zero-order chi connectivity index (χ0) is 36.1. The van der Waals surface area contributed by atoms with Crippen molar-refractivity contribution in [1.82, 2.24) is 19.8 Å². The van der Waals surface area contributed by atoms with Crippen LogP contribution in [0.25, 0.3) is 23.3 Å². The molecule has 3 N–H and O–H groups in total. The lowest BCUT2D eigenvalue weighted by atomic mass is 9.94. The number of carbonyl (C=O) groups excluding carboxylic acids is 1. The zero-order valence-corrected chi connectivity index (χ0v) is 29.1. The Balaban J connectivity index is 1.19. The van der Waals surface area contributed by atoms with Crippen LogP contribution in [0.4, 0.5) is 5.69 Å². The van der Waals surface area contributed by atoms with Gasteiger partial charge in [0.15, 0.2) is 0 Å². The molecule has 0 saturated carbocycles. The van der Waals surface area contributed by atoms with Crippen molar-refractivity contribution in [3.8, 4) is 22.9 Å². The number of aliphatic hydroxyl groups excluding tert-OH is 1. The minimum absolute atomic E-state index is 0.289. The predicted octanol–water partition coefficient (Wildman–Crippen LogP) is 5.54. The van der Waals surface area contributed by atoms with E-state index in [2.05, 4.69) is 37.2 Å². The second-order valence-electron chi connectivity index (χ2n) is 13.3. The van der Waals surface area contributed by atoms with E-state index in [1.54, 1.807) is 31.6 Å². The minimum atomic E-state index is -0.753. The van der Waals surface area contributed by atoms with Crippen molar-refractivity contribution in [2.24, 2.45) is 5.92 Å². The van der Waals surface area contributed by atoms with E-state index in [0.29, 0.717) is 66.6 Å². The molecule has 11 nitrogen and oxygen atoms in total. The van der Waals surface area contributed by atoms with E-state index >= 15 is 0 Å². The molecule has 0 radical (unpaired) electrons. The molecule has 6 rings (SSSR count). The number of aliphatic carboxylic acids is 1. The van der Waals surface area contributed by atoms with Gasteiger partial charge in [-0.25, -0.2) is 0 Å². The van der Waals surface area contributed by atoms with E-state index < -0.39 is 5.97 Å². The lowest BCUT2D eigenvalue weighted by Gasteiger charge is -2.19. The number of likely N-dealkylation sites (tertiary alicyclic amines) is 2. The Hall–Kier alpha value is -5.41. The highest BCUT2D eigenvalue weighted by molar-refractivity contribution is 6.03. The third kappa shape index (κ3) is 8.15. The smallest absolute Gasteiger partial charge is 0.307 e. The largest absolute Gasteiger partial charge is 0.496 e. The molecular formula is C40H42N6O5. The highest BCUT2D eigenvalue weighted by atomic mass is 16.5. The van der Waals surface area contributed by atoms with Crippen molar-refractivity contribution in [2.45, 2.75) is 45.9 Å². The summed E-state index contributed by atoms with van der Waals surface area (Å²) in [5, 5.41) is 32.5. The molecule has 0 aliphatic carbocycles. The van der Waals surface area contributed by atoms with Crippen molar-refractivity contribution in [2.75, 3.05) is 38.6 Å². The number of amides is 1. The lowest BCUT2D eigenvalue weighted by molar-refractivity contribution is -0.141. The van der Waals surface area contributed by atoms with Gasteiger partial charge < -0.3 is 20.3 Å². The van der Waals surface area contributed by atoms with Gasteiger partial charge in [-0.15, -0.1) is 0 Å². The predicted molar refractivity (Wildman–Crippen MR) is 195 cm³/mol. The Morgan fingerprint density at radius 1 is 1.02 bits per heavy atom. The van der Waals surface area contributed by atoms with Crippen LogP contribution in [-0.2, 0) is 17.9 Å². The summed E-state index contributed by atoms with van der Waals surface area (Å²) < 4.78 is 5.72. The fourth-order valence-corrected chi connectivity index (χ4v) is 6.91. The summed E-state index contributed by atoms with van der Waals surface area (Å²) in [5.41, 5.74) is 8.02. The summed E-state index contributed by atoms with van der Waals surface area (Å²) in [6, 6.07) is 17.4. The molecule has 2 atom stereocenters. The molecule has 2 aromatic carbocycles. The second-order valence-corrected chi connectivity index (χ2v) is 13.3. The fraction of sp³-hybridized carbons (Fsp3) is 0.325. The topological polar surface area (TPSA) is 152 Å². The number of ether oxygens (including phenoxy) is 1. The Kier molecular flexibility index (Phi) is 10.9. The van der Waals surface area contributed by atoms with Gasteiger partial charge in [0, 0.05) is 61.9 Å². The Bertz CT molecular complexity index is 2000. The summed E-state index contributed by atoms with van der Waals surface area (Å²) in [6.45, 7) is 7.92. The Labute approximate surface area is 297 Å². The maximum Gasteiger partial charge on any atom is 0.307 e. The molecule has 2 saturated heterocycles. The number of nitriles is 1. The van der Waals surface area contributed by atoms with Crippen molar-refractivity contribution < 1.29 is 24.5 Å². The van der Waals surface area contributed by atoms with Crippen LogP contribution in [0.2, 0.25) is 0 Å². The summed E-state index contributed by atoms with van der Waals surface area (Å²) in [5.74, 6) is -0.718. The number of methoxy groups -OCH3 is 1. The van der Waals surface area contributed by atoms with Crippen molar-refractivity contribution in [3.63, 3.8) is 0 Å². The van der Waals surface area contributed by atoms with E-state index in [1.165, 1.54) is 0 Å². The number of pyridine rings is 2.